The molecule has 0 saturated heterocycles. The Balaban J connectivity index is 1.48. The number of nitrogens with zero attached hydrogens (tertiary/aromatic N) is 3. The SMILES string of the molecule is Cc1ccc(C2=C(c3nn[nH]n3)C(=O)N[C@@]3(CCc4c3ccc(OCCCC(F)(F)F)c4C)C2)cc1. The van der Waals surface area contributed by atoms with Crippen molar-refractivity contribution in [1.82, 2.24) is 25.9 Å². The number of aromatic nitrogens is 4. The van der Waals surface area contributed by atoms with Crippen LogP contribution in [0.2, 0.25) is 0 Å². The van der Waals surface area contributed by atoms with Crippen LogP contribution in [0.5, 0.6) is 5.75 Å². The molecule has 1 atom stereocenters. The van der Waals surface area contributed by atoms with Crippen molar-refractivity contribution < 1.29 is 22.7 Å². The third-order valence-electron chi connectivity index (χ3n) is 7.06. The molecule has 0 saturated carbocycles. The number of alkyl halides is 3. The number of benzene rings is 2. The Morgan fingerprint density at radius 3 is 2.58 bits per heavy atom. The van der Waals surface area contributed by atoms with Crippen LogP contribution in [0.25, 0.3) is 11.1 Å². The van der Waals surface area contributed by atoms with Gasteiger partial charge in [-0.25, -0.2) is 0 Å². The third kappa shape index (κ3) is 4.47. The highest BCUT2D eigenvalue weighted by Gasteiger charge is 2.46. The molecule has 5 rings (SSSR count). The van der Waals surface area contributed by atoms with Gasteiger partial charge in [0.15, 0.2) is 0 Å². The van der Waals surface area contributed by atoms with Crippen molar-refractivity contribution in [2.24, 2.45) is 0 Å². The summed E-state index contributed by atoms with van der Waals surface area (Å²) in [6.45, 7) is 3.92. The zero-order valence-electron chi connectivity index (χ0n) is 20.0. The number of carbonyl (C=O) groups excluding carboxylic acids is 1. The standard InChI is InChI=1S/C26H26F3N5O2/c1-15-4-6-17(7-5-15)19-14-25(30-24(35)22(19)23-31-33-34-32-23)12-10-18-16(2)21(9-8-20(18)25)36-13-3-11-26(27,28)29/h4-9H,3,10-14H2,1-2H3,(H,30,35)(H,31,32,33,34)/t25-/m0/s1. The second-order valence-electron chi connectivity index (χ2n) is 9.45. The number of aromatic amines is 1. The van der Waals surface area contributed by atoms with E-state index in [9.17, 15) is 18.0 Å². The van der Waals surface area contributed by atoms with E-state index in [2.05, 4.69) is 25.9 Å². The topological polar surface area (TPSA) is 92.8 Å². The van der Waals surface area contributed by atoms with Crippen LogP contribution in [-0.2, 0) is 16.8 Å². The molecule has 1 aliphatic heterocycles. The van der Waals surface area contributed by atoms with Gasteiger partial charge in [-0.2, -0.15) is 18.4 Å². The number of ether oxygens (including phenoxy) is 1. The Kier molecular flexibility index (Phi) is 6.05. The number of H-pyrrole nitrogens is 1. The summed E-state index contributed by atoms with van der Waals surface area (Å²) < 4.78 is 43.1. The summed E-state index contributed by atoms with van der Waals surface area (Å²) in [7, 11) is 0. The van der Waals surface area contributed by atoms with Crippen LogP contribution in [0.1, 0.15) is 59.3 Å². The molecule has 2 N–H and O–H groups in total. The number of fused-ring (bicyclic) bond motifs is 2. The molecule has 188 valence electrons. The lowest BCUT2D eigenvalue weighted by Gasteiger charge is -2.37. The molecule has 0 radical (unpaired) electrons. The second-order valence-corrected chi connectivity index (χ2v) is 9.45. The Hall–Kier alpha value is -3.69. The van der Waals surface area contributed by atoms with Gasteiger partial charge in [0.1, 0.15) is 5.75 Å². The van der Waals surface area contributed by atoms with E-state index in [1.54, 1.807) is 6.07 Å². The number of hydrogen-bond acceptors (Lipinski definition) is 5. The molecule has 10 heteroatoms. The molecule has 0 bridgehead atoms. The van der Waals surface area contributed by atoms with E-state index < -0.39 is 18.1 Å². The molecular formula is C26H26F3N5O2. The van der Waals surface area contributed by atoms with Crippen molar-refractivity contribution >= 4 is 17.1 Å². The number of aryl methyl sites for hydroxylation is 1. The normalized spacial score (nSPS) is 19.5. The van der Waals surface area contributed by atoms with Crippen LogP contribution in [0.4, 0.5) is 13.2 Å². The Bertz CT molecular complexity index is 1320. The number of halogens is 3. The molecule has 7 nitrogen and oxygen atoms in total. The van der Waals surface area contributed by atoms with Gasteiger partial charge < -0.3 is 10.1 Å². The van der Waals surface area contributed by atoms with Crippen molar-refractivity contribution in [3.8, 4) is 5.75 Å². The fraction of sp³-hybridized carbons (Fsp3) is 0.385. The summed E-state index contributed by atoms with van der Waals surface area (Å²) >= 11 is 0. The van der Waals surface area contributed by atoms with E-state index in [1.165, 1.54) is 0 Å². The molecule has 0 unspecified atom stereocenters. The Labute approximate surface area is 206 Å². The van der Waals surface area contributed by atoms with Gasteiger partial charge in [-0.05, 0) is 72.2 Å². The van der Waals surface area contributed by atoms with Gasteiger partial charge in [-0.3, -0.25) is 4.79 Å². The van der Waals surface area contributed by atoms with Crippen molar-refractivity contribution in [2.75, 3.05) is 6.61 Å². The van der Waals surface area contributed by atoms with Crippen LogP contribution in [0.3, 0.4) is 0 Å². The number of rotatable bonds is 6. The largest absolute Gasteiger partial charge is 0.493 e. The quantitative estimate of drug-likeness (QED) is 0.477. The van der Waals surface area contributed by atoms with Crippen LogP contribution in [0, 0.1) is 13.8 Å². The first-order chi connectivity index (χ1) is 17.2. The van der Waals surface area contributed by atoms with E-state index in [4.69, 9.17) is 4.74 Å². The zero-order chi connectivity index (χ0) is 25.5. The first-order valence-electron chi connectivity index (χ1n) is 11.9. The third-order valence-corrected chi connectivity index (χ3v) is 7.06. The molecule has 2 aliphatic rings. The second kappa shape index (κ2) is 9.07. The van der Waals surface area contributed by atoms with Crippen molar-refractivity contribution in [3.63, 3.8) is 0 Å². The van der Waals surface area contributed by atoms with Gasteiger partial charge in [0.2, 0.25) is 5.82 Å². The summed E-state index contributed by atoms with van der Waals surface area (Å²) in [6.07, 6.45) is -3.19. The van der Waals surface area contributed by atoms with Crippen molar-refractivity contribution in [1.29, 1.82) is 0 Å². The number of nitrogens with one attached hydrogen (secondary N) is 2. The lowest BCUT2D eigenvalue weighted by molar-refractivity contribution is -0.136. The minimum Gasteiger partial charge on any atom is -0.493 e. The molecular weight excluding hydrogens is 471 g/mol. The fourth-order valence-corrected chi connectivity index (χ4v) is 5.26. The smallest absolute Gasteiger partial charge is 0.389 e. The maximum Gasteiger partial charge on any atom is 0.389 e. The predicted octanol–water partition coefficient (Wildman–Crippen LogP) is 4.81. The maximum atomic E-state index is 13.5. The van der Waals surface area contributed by atoms with Gasteiger partial charge in [0.05, 0.1) is 17.7 Å². The van der Waals surface area contributed by atoms with Crippen LogP contribution in [-0.4, -0.2) is 39.3 Å². The number of carbonyl (C=O) groups is 1. The number of tetrazole rings is 1. The van der Waals surface area contributed by atoms with Crippen molar-refractivity contribution in [3.05, 3.63) is 70.0 Å². The van der Waals surface area contributed by atoms with Gasteiger partial charge in [0, 0.05) is 12.8 Å². The molecule has 0 fully saturated rings. The first-order valence-corrected chi connectivity index (χ1v) is 11.9. The molecule has 1 aliphatic carbocycles. The lowest BCUT2D eigenvalue weighted by Crippen LogP contribution is -2.48. The summed E-state index contributed by atoms with van der Waals surface area (Å²) in [5.41, 5.74) is 5.63. The van der Waals surface area contributed by atoms with Crippen LogP contribution >= 0.6 is 0 Å². The molecule has 1 aromatic heterocycles. The van der Waals surface area contributed by atoms with E-state index in [0.29, 0.717) is 24.2 Å². The van der Waals surface area contributed by atoms with Gasteiger partial charge in [0.25, 0.3) is 5.91 Å². The molecule has 2 heterocycles. The summed E-state index contributed by atoms with van der Waals surface area (Å²) in [6, 6.07) is 11.7. The van der Waals surface area contributed by atoms with Crippen LogP contribution in [0.15, 0.2) is 36.4 Å². The monoisotopic (exact) mass is 497 g/mol. The molecule has 2 aromatic carbocycles. The predicted molar refractivity (Wildman–Crippen MR) is 127 cm³/mol. The number of amides is 1. The highest BCUT2D eigenvalue weighted by Crippen LogP contribution is 2.49. The van der Waals surface area contributed by atoms with Gasteiger partial charge >= 0.3 is 6.18 Å². The van der Waals surface area contributed by atoms with Crippen LogP contribution < -0.4 is 10.1 Å². The zero-order valence-corrected chi connectivity index (χ0v) is 20.0. The minimum absolute atomic E-state index is 0.00458. The lowest BCUT2D eigenvalue weighted by atomic mass is 9.77. The van der Waals surface area contributed by atoms with Gasteiger partial charge in [-0.15, -0.1) is 10.2 Å². The minimum atomic E-state index is -4.19. The molecule has 3 aromatic rings. The summed E-state index contributed by atoms with van der Waals surface area (Å²) in [5, 5.41) is 17.4. The highest BCUT2D eigenvalue weighted by atomic mass is 19.4. The van der Waals surface area contributed by atoms with Crippen molar-refractivity contribution in [2.45, 2.75) is 57.7 Å². The Morgan fingerprint density at radius 1 is 1.11 bits per heavy atom. The highest BCUT2D eigenvalue weighted by molar-refractivity contribution is 6.27. The summed E-state index contributed by atoms with van der Waals surface area (Å²) in [5.74, 6) is 0.558. The van der Waals surface area contributed by atoms with E-state index in [0.717, 1.165) is 39.8 Å². The van der Waals surface area contributed by atoms with E-state index in [1.807, 2.05) is 44.2 Å². The van der Waals surface area contributed by atoms with E-state index in [-0.39, 0.29) is 24.8 Å². The average Bonchev–Trinajstić information content (AvgIpc) is 3.47. The first kappa shape index (κ1) is 24.0. The average molecular weight is 498 g/mol. The molecule has 1 amide bonds. The maximum absolute atomic E-state index is 13.5. The summed E-state index contributed by atoms with van der Waals surface area (Å²) in [4.78, 5) is 13.5. The molecule has 1 spiro atoms. The van der Waals surface area contributed by atoms with Gasteiger partial charge in [-0.1, -0.05) is 35.9 Å². The Morgan fingerprint density at radius 2 is 1.89 bits per heavy atom. The molecule has 36 heavy (non-hydrogen) atoms. The number of hydrogen-bond donors (Lipinski definition) is 2. The fourth-order valence-electron chi connectivity index (χ4n) is 5.26. The van der Waals surface area contributed by atoms with E-state index >= 15 is 0 Å².